The summed E-state index contributed by atoms with van der Waals surface area (Å²) < 4.78 is 0. The minimum absolute atomic E-state index is 0.0700. The predicted octanol–water partition coefficient (Wildman–Crippen LogP) is 0.798. The molecule has 1 aromatic rings. The largest absolute Gasteiger partial charge is 0.292 e. The van der Waals surface area contributed by atoms with Crippen LogP contribution in [0.4, 0.5) is 0 Å². The van der Waals surface area contributed by atoms with E-state index < -0.39 is 0 Å². The molecule has 0 unspecified atom stereocenters. The molecule has 0 aliphatic heterocycles. The van der Waals surface area contributed by atoms with Gasteiger partial charge in [-0.3, -0.25) is 4.79 Å². The van der Waals surface area contributed by atoms with Gasteiger partial charge in [0.25, 0.3) is 0 Å². The second-order valence-corrected chi connectivity index (χ2v) is 2.39. The Bertz CT molecular complexity index is 254. The van der Waals surface area contributed by atoms with Crippen molar-refractivity contribution in [3.8, 4) is 0 Å². The molecule has 1 rings (SSSR count). The van der Waals surface area contributed by atoms with Crippen molar-refractivity contribution in [1.29, 1.82) is 0 Å². The second-order valence-electron chi connectivity index (χ2n) is 2.39. The molecule has 0 spiro atoms. The molecule has 4 nitrogen and oxygen atoms in total. The highest BCUT2D eigenvalue weighted by Crippen LogP contribution is 1.99. The quantitative estimate of drug-likeness (QED) is 0.603. The monoisotopic (exact) mass is 153 g/mol. The van der Waals surface area contributed by atoms with Crippen LogP contribution in [0.5, 0.6) is 0 Å². The summed E-state index contributed by atoms with van der Waals surface area (Å²) in [7, 11) is 1.70. The number of Topliss-reactive ketones (excluding diaryl/α,β-unsaturated/α-hetero) is 1. The fourth-order valence-corrected chi connectivity index (χ4v) is 0.829. The molecule has 0 bridgehead atoms. The van der Waals surface area contributed by atoms with E-state index in [1.165, 1.54) is 11.0 Å². The molecule has 0 aliphatic carbocycles. The van der Waals surface area contributed by atoms with E-state index in [-0.39, 0.29) is 5.78 Å². The van der Waals surface area contributed by atoms with Crippen LogP contribution < -0.4 is 0 Å². The number of hydrogen-bond acceptors (Lipinski definition) is 3. The zero-order valence-electron chi connectivity index (χ0n) is 6.74. The Kier molecular flexibility index (Phi) is 2.36. The van der Waals surface area contributed by atoms with Crippen LogP contribution in [-0.4, -0.2) is 20.8 Å². The van der Waals surface area contributed by atoms with Gasteiger partial charge in [0.1, 0.15) is 5.69 Å². The van der Waals surface area contributed by atoms with Crippen LogP contribution in [-0.2, 0) is 7.05 Å². The van der Waals surface area contributed by atoms with E-state index in [0.29, 0.717) is 12.1 Å². The fraction of sp³-hybridized carbons (Fsp3) is 0.571. The maximum absolute atomic E-state index is 11.1. The topological polar surface area (TPSA) is 47.8 Å². The van der Waals surface area contributed by atoms with Gasteiger partial charge in [0, 0.05) is 13.5 Å². The highest BCUT2D eigenvalue weighted by molar-refractivity contribution is 5.93. The Morgan fingerprint density at radius 2 is 2.45 bits per heavy atom. The van der Waals surface area contributed by atoms with Crippen molar-refractivity contribution >= 4 is 5.78 Å². The lowest BCUT2D eigenvalue weighted by Crippen LogP contribution is -2.00. The van der Waals surface area contributed by atoms with Gasteiger partial charge in [0.2, 0.25) is 0 Å². The average Bonchev–Trinajstić information content (AvgIpc) is 2.36. The summed E-state index contributed by atoms with van der Waals surface area (Å²) in [6.07, 6.45) is 2.91. The SMILES string of the molecule is CCCC(=O)c1cnn(C)n1. The minimum atomic E-state index is 0.0700. The molecular weight excluding hydrogens is 142 g/mol. The van der Waals surface area contributed by atoms with Crippen molar-refractivity contribution in [3.63, 3.8) is 0 Å². The van der Waals surface area contributed by atoms with Gasteiger partial charge in [0.15, 0.2) is 5.78 Å². The summed E-state index contributed by atoms with van der Waals surface area (Å²) >= 11 is 0. The molecule has 0 N–H and O–H groups in total. The molecule has 0 saturated carbocycles. The highest BCUT2D eigenvalue weighted by Gasteiger charge is 2.07. The van der Waals surface area contributed by atoms with Gasteiger partial charge in [-0.05, 0) is 6.42 Å². The second kappa shape index (κ2) is 3.27. The van der Waals surface area contributed by atoms with E-state index in [1.54, 1.807) is 7.05 Å². The Balaban J connectivity index is 2.69. The number of carbonyl (C=O) groups excluding carboxylic acids is 1. The van der Waals surface area contributed by atoms with Crippen LogP contribution in [0.2, 0.25) is 0 Å². The molecule has 0 amide bonds. The van der Waals surface area contributed by atoms with Crippen molar-refractivity contribution < 1.29 is 4.79 Å². The molecule has 60 valence electrons. The molecule has 0 radical (unpaired) electrons. The van der Waals surface area contributed by atoms with Crippen LogP contribution in [0.15, 0.2) is 6.20 Å². The predicted molar refractivity (Wildman–Crippen MR) is 40.2 cm³/mol. The number of nitrogens with zero attached hydrogens (tertiary/aromatic N) is 3. The minimum Gasteiger partial charge on any atom is -0.292 e. The fourth-order valence-electron chi connectivity index (χ4n) is 0.829. The summed E-state index contributed by atoms with van der Waals surface area (Å²) in [5.74, 6) is 0.0700. The Hall–Kier alpha value is -1.19. The van der Waals surface area contributed by atoms with Gasteiger partial charge < -0.3 is 0 Å². The third-order valence-corrected chi connectivity index (χ3v) is 1.36. The molecule has 0 saturated heterocycles. The summed E-state index contributed by atoms with van der Waals surface area (Å²) in [6.45, 7) is 1.97. The van der Waals surface area contributed by atoms with Gasteiger partial charge >= 0.3 is 0 Å². The molecule has 0 aromatic carbocycles. The number of ketones is 1. The van der Waals surface area contributed by atoms with E-state index >= 15 is 0 Å². The first-order valence-electron chi connectivity index (χ1n) is 3.63. The average molecular weight is 153 g/mol. The van der Waals surface area contributed by atoms with Crippen LogP contribution in [0.25, 0.3) is 0 Å². The van der Waals surface area contributed by atoms with Gasteiger partial charge in [-0.1, -0.05) is 6.92 Å². The lowest BCUT2D eigenvalue weighted by Gasteiger charge is -1.89. The summed E-state index contributed by atoms with van der Waals surface area (Å²) in [4.78, 5) is 12.5. The van der Waals surface area contributed by atoms with Crippen LogP contribution in [0, 0.1) is 0 Å². The van der Waals surface area contributed by atoms with Crippen LogP contribution >= 0.6 is 0 Å². The number of aromatic nitrogens is 3. The summed E-state index contributed by atoms with van der Waals surface area (Å²) in [5, 5.41) is 7.69. The molecule has 0 aliphatic rings. The molecule has 0 atom stereocenters. The van der Waals surface area contributed by atoms with E-state index in [9.17, 15) is 4.79 Å². The lowest BCUT2D eigenvalue weighted by atomic mass is 10.2. The zero-order chi connectivity index (χ0) is 8.27. The number of aryl methyl sites for hydroxylation is 1. The molecule has 1 heterocycles. The van der Waals surface area contributed by atoms with E-state index in [0.717, 1.165) is 6.42 Å². The highest BCUT2D eigenvalue weighted by atomic mass is 16.1. The van der Waals surface area contributed by atoms with Crippen molar-refractivity contribution in [2.24, 2.45) is 7.05 Å². The van der Waals surface area contributed by atoms with Crippen molar-refractivity contribution in [3.05, 3.63) is 11.9 Å². The number of rotatable bonds is 3. The van der Waals surface area contributed by atoms with Crippen molar-refractivity contribution in [2.45, 2.75) is 19.8 Å². The van der Waals surface area contributed by atoms with E-state index in [1.807, 2.05) is 6.92 Å². The summed E-state index contributed by atoms with van der Waals surface area (Å²) in [6, 6.07) is 0. The van der Waals surface area contributed by atoms with Crippen LogP contribution in [0.3, 0.4) is 0 Å². The first kappa shape index (κ1) is 7.91. The third kappa shape index (κ3) is 1.86. The van der Waals surface area contributed by atoms with Crippen molar-refractivity contribution in [2.75, 3.05) is 0 Å². The van der Waals surface area contributed by atoms with E-state index in [2.05, 4.69) is 10.2 Å². The normalized spacial score (nSPS) is 10.0. The standard InChI is InChI=1S/C7H11N3O/c1-3-4-7(11)6-5-8-10(2)9-6/h5H,3-4H2,1-2H3. The van der Waals surface area contributed by atoms with Gasteiger partial charge in [0.05, 0.1) is 6.20 Å². The van der Waals surface area contributed by atoms with E-state index in [4.69, 9.17) is 0 Å². The zero-order valence-corrected chi connectivity index (χ0v) is 6.74. The maximum atomic E-state index is 11.1. The first-order valence-corrected chi connectivity index (χ1v) is 3.63. The molecule has 0 fully saturated rings. The number of hydrogen-bond donors (Lipinski definition) is 0. The third-order valence-electron chi connectivity index (χ3n) is 1.36. The van der Waals surface area contributed by atoms with Gasteiger partial charge in [-0.2, -0.15) is 15.0 Å². The van der Waals surface area contributed by atoms with Gasteiger partial charge in [-0.25, -0.2) is 0 Å². The molecule has 11 heavy (non-hydrogen) atoms. The van der Waals surface area contributed by atoms with Crippen molar-refractivity contribution in [1.82, 2.24) is 15.0 Å². The smallest absolute Gasteiger partial charge is 0.184 e. The molecule has 1 aromatic heterocycles. The Labute approximate surface area is 65.2 Å². The van der Waals surface area contributed by atoms with Crippen LogP contribution in [0.1, 0.15) is 30.3 Å². The maximum Gasteiger partial charge on any atom is 0.184 e. The molecular formula is C7H11N3O. The lowest BCUT2D eigenvalue weighted by molar-refractivity contribution is 0.0976. The molecule has 4 heteroatoms. The Morgan fingerprint density at radius 3 is 2.91 bits per heavy atom. The van der Waals surface area contributed by atoms with Gasteiger partial charge in [-0.15, -0.1) is 0 Å². The summed E-state index contributed by atoms with van der Waals surface area (Å²) in [5.41, 5.74) is 0.467. The first-order chi connectivity index (χ1) is 5.24. The number of carbonyl (C=O) groups is 1. The Morgan fingerprint density at radius 1 is 1.73 bits per heavy atom.